The fourth-order valence-electron chi connectivity index (χ4n) is 2.16. The highest BCUT2D eigenvalue weighted by atomic mass is 79.9. The summed E-state index contributed by atoms with van der Waals surface area (Å²) in [7, 11) is -3.33. The standard InChI is InChI=1S/C12H16BrClN2O2S/c13-11-6-10(14)3-4-12(11)16-19(17,18)8-9-2-1-5-15-7-9/h3-4,6,9,15-16H,1-2,5,7-8H2. The number of piperidine rings is 1. The van der Waals surface area contributed by atoms with Crippen LogP contribution < -0.4 is 10.0 Å². The molecular formula is C12H16BrClN2O2S. The molecule has 1 aliphatic rings. The first-order chi connectivity index (χ1) is 8.96. The van der Waals surface area contributed by atoms with Gasteiger partial charge in [0.25, 0.3) is 0 Å². The molecule has 0 saturated carbocycles. The minimum atomic E-state index is -3.33. The van der Waals surface area contributed by atoms with E-state index < -0.39 is 10.0 Å². The number of hydrogen-bond donors (Lipinski definition) is 2. The first kappa shape index (κ1) is 15.1. The van der Waals surface area contributed by atoms with Gasteiger partial charge in [0.2, 0.25) is 10.0 Å². The van der Waals surface area contributed by atoms with Crippen molar-refractivity contribution in [2.45, 2.75) is 12.8 Å². The molecule has 0 spiro atoms. The maximum absolute atomic E-state index is 12.1. The Morgan fingerprint density at radius 2 is 2.26 bits per heavy atom. The molecule has 2 rings (SSSR count). The predicted molar refractivity (Wildman–Crippen MR) is 82.2 cm³/mol. The van der Waals surface area contributed by atoms with E-state index in [0.29, 0.717) is 15.2 Å². The van der Waals surface area contributed by atoms with Crippen LogP contribution in [0, 0.1) is 5.92 Å². The average Bonchev–Trinajstić information content (AvgIpc) is 2.33. The van der Waals surface area contributed by atoms with Crippen LogP contribution in [0.5, 0.6) is 0 Å². The van der Waals surface area contributed by atoms with Gasteiger partial charge in [0.1, 0.15) is 0 Å². The Bertz CT molecular complexity index is 545. The van der Waals surface area contributed by atoms with Gasteiger partial charge in [-0.2, -0.15) is 0 Å². The lowest BCUT2D eigenvalue weighted by molar-refractivity contribution is 0.404. The number of nitrogens with one attached hydrogen (secondary N) is 2. The molecule has 1 saturated heterocycles. The predicted octanol–water partition coefficient (Wildman–Crippen LogP) is 2.84. The van der Waals surface area contributed by atoms with E-state index in [1.54, 1.807) is 18.2 Å². The summed E-state index contributed by atoms with van der Waals surface area (Å²) < 4.78 is 27.5. The molecule has 106 valence electrons. The third-order valence-electron chi connectivity index (χ3n) is 3.05. The molecule has 7 heteroatoms. The summed E-state index contributed by atoms with van der Waals surface area (Å²) in [6.45, 7) is 1.75. The minimum Gasteiger partial charge on any atom is -0.316 e. The zero-order chi connectivity index (χ0) is 13.9. The van der Waals surface area contributed by atoms with E-state index in [1.165, 1.54) is 0 Å². The summed E-state index contributed by atoms with van der Waals surface area (Å²) in [5.41, 5.74) is 0.521. The third-order valence-corrected chi connectivity index (χ3v) is 5.38. The molecule has 1 heterocycles. The zero-order valence-corrected chi connectivity index (χ0v) is 13.5. The van der Waals surface area contributed by atoms with Crippen molar-refractivity contribution >= 4 is 43.2 Å². The lowest BCUT2D eigenvalue weighted by atomic mass is 10.0. The molecule has 1 unspecified atom stereocenters. The summed E-state index contributed by atoms with van der Waals surface area (Å²) in [5.74, 6) is 0.326. The lowest BCUT2D eigenvalue weighted by Crippen LogP contribution is -2.35. The van der Waals surface area contributed by atoms with Crippen LogP contribution in [-0.2, 0) is 10.0 Å². The van der Waals surface area contributed by atoms with Gasteiger partial charge < -0.3 is 5.32 Å². The van der Waals surface area contributed by atoms with Crippen molar-refractivity contribution in [1.29, 1.82) is 0 Å². The molecule has 2 N–H and O–H groups in total. The van der Waals surface area contributed by atoms with Gasteiger partial charge in [-0.05, 0) is 66.0 Å². The first-order valence-electron chi connectivity index (χ1n) is 6.12. The summed E-state index contributed by atoms with van der Waals surface area (Å²) >= 11 is 9.13. The minimum absolute atomic E-state index is 0.148. The number of halogens is 2. The van der Waals surface area contributed by atoms with Gasteiger partial charge in [0.15, 0.2) is 0 Å². The summed E-state index contributed by atoms with van der Waals surface area (Å²) in [4.78, 5) is 0. The molecule has 1 atom stereocenters. The normalized spacial score (nSPS) is 20.2. The van der Waals surface area contributed by atoms with E-state index in [-0.39, 0.29) is 11.7 Å². The highest BCUT2D eigenvalue weighted by Crippen LogP contribution is 2.27. The van der Waals surface area contributed by atoms with Crippen LogP contribution in [0.3, 0.4) is 0 Å². The van der Waals surface area contributed by atoms with Crippen molar-refractivity contribution in [1.82, 2.24) is 5.32 Å². The Kier molecular flexibility index (Phi) is 5.11. The van der Waals surface area contributed by atoms with Gasteiger partial charge in [-0.3, -0.25) is 4.72 Å². The highest BCUT2D eigenvalue weighted by molar-refractivity contribution is 9.10. The Morgan fingerprint density at radius 1 is 1.47 bits per heavy atom. The van der Waals surface area contributed by atoms with Gasteiger partial charge in [-0.1, -0.05) is 11.6 Å². The largest absolute Gasteiger partial charge is 0.316 e. The van der Waals surface area contributed by atoms with Crippen molar-refractivity contribution in [3.8, 4) is 0 Å². The SMILES string of the molecule is O=S(=O)(CC1CCCNC1)Nc1ccc(Cl)cc1Br. The molecule has 19 heavy (non-hydrogen) atoms. The fraction of sp³-hybridized carbons (Fsp3) is 0.500. The number of sulfonamides is 1. The average molecular weight is 368 g/mol. The molecule has 0 bridgehead atoms. The number of rotatable bonds is 4. The van der Waals surface area contributed by atoms with Crippen LogP contribution in [-0.4, -0.2) is 27.3 Å². The van der Waals surface area contributed by atoms with Crippen LogP contribution >= 0.6 is 27.5 Å². The Morgan fingerprint density at radius 3 is 2.89 bits per heavy atom. The molecule has 0 amide bonds. The van der Waals surface area contributed by atoms with Crippen molar-refractivity contribution in [2.24, 2.45) is 5.92 Å². The molecule has 1 fully saturated rings. The van der Waals surface area contributed by atoms with Gasteiger partial charge in [0.05, 0.1) is 11.4 Å². The molecule has 0 aromatic heterocycles. The molecule has 1 aliphatic heterocycles. The smallest absolute Gasteiger partial charge is 0.233 e. The van der Waals surface area contributed by atoms with Crippen molar-refractivity contribution < 1.29 is 8.42 Å². The van der Waals surface area contributed by atoms with Crippen LogP contribution in [0.1, 0.15) is 12.8 Å². The van der Waals surface area contributed by atoms with Crippen molar-refractivity contribution in [3.05, 3.63) is 27.7 Å². The molecule has 0 aliphatic carbocycles. The van der Waals surface area contributed by atoms with Crippen LogP contribution in [0.2, 0.25) is 5.02 Å². The first-order valence-corrected chi connectivity index (χ1v) is 8.95. The van der Waals surface area contributed by atoms with Crippen LogP contribution in [0.15, 0.2) is 22.7 Å². The maximum Gasteiger partial charge on any atom is 0.233 e. The summed E-state index contributed by atoms with van der Waals surface area (Å²) in [6.07, 6.45) is 1.99. The monoisotopic (exact) mass is 366 g/mol. The number of anilines is 1. The molecule has 0 radical (unpaired) electrons. The lowest BCUT2D eigenvalue weighted by Gasteiger charge is -2.22. The maximum atomic E-state index is 12.1. The van der Waals surface area contributed by atoms with Gasteiger partial charge in [-0.15, -0.1) is 0 Å². The quantitative estimate of drug-likeness (QED) is 0.860. The molecular weight excluding hydrogens is 352 g/mol. The second-order valence-corrected chi connectivity index (χ2v) is 7.78. The van der Waals surface area contributed by atoms with E-state index in [4.69, 9.17) is 11.6 Å². The van der Waals surface area contributed by atoms with E-state index in [2.05, 4.69) is 26.0 Å². The van der Waals surface area contributed by atoms with E-state index in [9.17, 15) is 8.42 Å². The van der Waals surface area contributed by atoms with E-state index in [1.807, 2.05) is 0 Å². The number of hydrogen-bond acceptors (Lipinski definition) is 3. The van der Waals surface area contributed by atoms with Crippen LogP contribution in [0.25, 0.3) is 0 Å². The Balaban J connectivity index is 2.03. The Hall–Kier alpha value is -0.300. The van der Waals surface area contributed by atoms with Gasteiger partial charge >= 0.3 is 0 Å². The van der Waals surface area contributed by atoms with Crippen LogP contribution in [0.4, 0.5) is 5.69 Å². The summed E-state index contributed by atoms with van der Waals surface area (Å²) in [5, 5.41) is 3.78. The van der Waals surface area contributed by atoms with Crippen molar-refractivity contribution in [2.75, 3.05) is 23.6 Å². The van der Waals surface area contributed by atoms with Gasteiger partial charge in [-0.25, -0.2) is 8.42 Å². The fourth-order valence-corrected chi connectivity index (χ4v) is 4.57. The summed E-state index contributed by atoms with van der Waals surface area (Å²) in [6, 6.07) is 4.98. The zero-order valence-electron chi connectivity index (χ0n) is 10.3. The molecule has 4 nitrogen and oxygen atoms in total. The van der Waals surface area contributed by atoms with Crippen molar-refractivity contribution in [3.63, 3.8) is 0 Å². The third kappa shape index (κ3) is 4.63. The van der Waals surface area contributed by atoms with E-state index in [0.717, 1.165) is 25.9 Å². The molecule has 1 aromatic carbocycles. The highest BCUT2D eigenvalue weighted by Gasteiger charge is 2.21. The number of benzene rings is 1. The second kappa shape index (κ2) is 6.43. The molecule has 1 aromatic rings. The van der Waals surface area contributed by atoms with E-state index >= 15 is 0 Å². The second-order valence-electron chi connectivity index (χ2n) is 4.72. The topological polar surface area (TPSA) is 58.2 Å². The Labute approximate surface area is 127 Å². The van der Waals surface area contributed by atoms with Gasteiger partial charge in [0, 0.05) is 9.50 Å².